The highest BCUT2D eigenvalue weighted by Gasteiger charge is 2.27. The second-order valence-corrected chi connectivity index (χ2v) is 8.97. The quantitative estimate of drug-likeness (QED) is 0.684. The van der Waals surface area contributed by atoms with Gasteiger partial charge in [-0.15, -0.1) is 0 Å². The summed E-state index contributed by atoms with van der Waals surface area (Å²) in [5.41, 5.74) is 0.573. The van der Waals surface area contributed by atoms with Gasteiger partial charge in [0.05, 0.1) is 0 Å². The second-order valence-electron chi connectivity index (χ2n) is 8.54. The summed E-state index contributed by atoms with van der Waals surface area (Å²) in [6.07, 6.45) is 11.0. The minimum absolute atomic E-state index is 0.0225. The summed E-state index contributed by atoms with van der Waals surface area (Å²) < 4.78 is 1.85. The van der Waals surface area contributed by atoms with Gasteiger partial charge in [0.1, 0.15) is 11.1 Å². The molecule has 2 saturated carbocycles. The normalized spacial score (nSPS) is 16.7. The first-order chi connectivity index (χ1) is 15.0. The van der Waals surface area contributed by atoms with Crippen LogP contribution in [-0.2, 0) is 6.42 Å². The molecule has 2 N–H and O–H groups in total. The third-order valence-corrected chi connectivity index (χ3v) is 6.27. The van der Waals surface area contributed by atoms with Crippen molar-refractivity contribution in [2.45, 2.75) is 63.5 Å². The smallest absolute Gasteiger partial charge is 0.256 e. The van der Waals surface area contributed by atoms with E-state index in [0.29, 0.717) is 18.0 Å². The minimum atomic E-state index is -0.509. The van der Waals surface area contributed by atoms with Crippen LogP contribution in [0.2, 0.25) is 5.02 Å². The van der Waals surface area contributed by atoms with Crippen LogP contribution in [0.25, 0.3) is 0 Å². The number of carbonyl (C=O) groups excluding carboxylic acids is 2. The van der Waals surface area contributed by atoms with Crippen molar-refractivity contribution in [3.8, 4) is 0 Å². The number of aromatic nitrogens is 1. The first-order valence-electron chi connectivity index (χ1n) is 11.1. The highest BCUT2D eigenvalue weighted by Crippen LogP contribution is 2.34. The van der Waals surface area contributed by atoms with Crippen molar-refractivity contribution in [1.29, 1.82) is 0 Å². The van der Waals surface area contributed by atoms with E-state index >= 15 is 0 Å². The molecule has 1 aromatic carbocycles. The molecular formula is C24H28ClN3O3. The molecule has 7 heteroatoms. The van der Waals surface area contributed by atoms with Gasteiger partial charge in [-0.2, -0.15) is 0 Å². The Bertz CT molecular complexity index is 1020. The largest absolute Gasteiger partial charge is 0.352 e. The molecule has 1 heterocycles. The minimum Gasteiger partial charge on any atom is -0.352 e. The van der Waals surface area contributed by atoms with E-state index in [1.807, 2.05) is 22.8 Å². The maximum absolute atomic E-state index is 13.0. The molecule has 0 saturated heterocycles. The molecule has 0 unspecified atom stereocenters. The summed E-state index contributed by atoms with van der Waals surface area (Å²) in [6, 6.07) is 7.80. The van der Waals surface area contributed by atoms with Gasteiger partial charge in [0.15, 0.2) is 0 Å². The van der Waals surface area contributed by atoms with Gasteiger partial charge in [-0.25, -0.2) is 0 Å². The zero-order valence-electron chi connectivity index (χ0n) is 17.5. The van der Waals surface area contributed by atoms with Gasteiger partial charge < -0.3 is 15.2 Å². The van der Waals surface area contributed by atoms with Gasteiger partial charge in [-0.3, -0.25) is 14.4 Å². The fourth-order valence-corrected chi connectivity index (χ4v) is 4.34. The fourth-order valence-electron chi connectivity index (χ4n) is 4.12. The van der Waals surface area contributed by atoms with Crippen molar-refractivity contribution in [3.05, 3.63) is 68.6 Å². The first kappa shape index (κ1) is 21.6. The Balaban J connectivity index is 1.48. The standard InChI is InChI=1S/C24H28ClN3O3/c25-17-6-4-5-16(13-17)11-12-26-23(30)20-14-28(19-9-10-19)15-21(22(20)29)24(31)27-18-7-2-1-3-8-18/h4-6,13-15,18-19H,1-3,7-12H2,(H,26,30)(H,27,31). The average Bonchev–Trinajstić information content (AvgIpc) is 3.60. The maximum atomic E-state index is 13.0. The van der Waals surface area contributed by atoms with Crippen LogP contribution in [0.4, 0.5) is 0 Å². The zero-order valence-corrected chi connectivity index (χ0v) is 18.3. The molecule has 0 aliphatic heterocycles. The van der Waals surface area contributed by atoms with E-state index in [4.69, 9.17) is 11.6 Å². The van der Waals surface area contributed by atoms with E-state index in [9.17, 15) is 14.4 Å². The highest BCUT2D eigenvalue weighted by molar-refractivity contribution is 6.30. The molecule has 2 fully saturated rings. The predicted molar refractivity (Wildman–Crippen MR) is 121 cm³/mol. The van der Waals surface area contributed by atoms with Crippen molar-refractivity contribution in [2.24, 2.45) is 0 Å². The van der Waals surface area contributed by atoms with Crippen LogP contribution in [-0.4, -0.2) is 29.0 Å². The van der Waals surface area contributed by atoms with Crippen LogP contribution < -0.4 is 16.1 Å². The number of nitrogens with zero attached hydrogens (tertiary/aromatic N) is 1. The van der Waals surface area contributed by atoms with Crippen molar-refractivity contribution in [3.63, 3.8) is 0 Å². The Kier molecular flexibility index (Phi) is 6.76. The number of hydrogen-bond donors (Lipinski definition) is 2. The topological polar surface area (TPSA) is 80.2 Å². The van der Waals surface area contributed by atoms with Crippen molar-refractivity contribution in [1.82, 2.24) is 15.2 Å². The van der Waals surface area contributed by atoms with Gasteiger partial charge in [-0.05, 0) is 49.8 Å². The Morgan fingerprint density at radius 2 is 1.71 bits per heavy atom. The molecular weight excluding hydrogens is 414 g/mol. The Labute approximate surface area is 187 Å². The SMILES string of the molecule is O=C(NCCc1cccc(Cl)c1)c1cn(C2CC2)cc(C(=O)NC2CCCCC2)c1=O. The lowest BCUT2D eigenvalue weighted by molar-refractivity contribution is 0.0925. The maximum Gasteiger partial charge on any atom is 0.256 e. The van der Waals surface area contributed by atoms with Gasteiger partial charge in [0, 0.05) is 36.0 Å². The molecule has 2 aromatic rings. The number of rotatable bonds is 7. The second kappa shape index (κ2) is 9.69. The number of hydrogen-bond acceptors (Lipinski definition) is 3. The number of halogens is 1. The summed E-state index contributed by atoms with van der Waals surface area (Å²) in [4.78, 5) is 38.7. The lowest BCUT2D eigenvalue weighted by Crippen LogP contribution is -2.40. The van der Waals surface area contributed by atoms with E-state index in [0.717, 1.165) is 44.1 Å². The first-order valence-corrected chi connectivity index (χ1v) is 11.5. The number of benzene rings is 1. The van der Waals surface area contributed by atoms with E-state index < -0.39 is 11.3 Å². The summed E-state index contributed by atoms with van der Waals surface area (Å²) in [5.74, 6) is -0.825. The molecule has 2 amide bonds. The highest BCUT2D eigenvalue weighted by atomic mass is 35.5. The number of amides is 2. The van der Waals surface area contributed by atoms with Crippen LogP contribution in [0.15, 0.2) is 41.5 Å². The third-order valence-electron chi connectivity index (χ3n) is 6.03. The Morgan fingerprint density at radius 3 is 2.39 bits per heavy atom. The Hall–Kier alpha value is -2.60. The lowest BCUT2D eigenvalue weighted by atomic mass is 9.95. The molecule has 0 radical (unpaired) electrons. The molecule has 0 bridgehead atoms. The van der Waals surface area contributed by atoms with E-state index in [1.165, 1.54) is 6.42 Å². The van der Waals surface area contributed by atoms with E-state index in [1.54, 1.807) is 18.5 Å². The van der Waals surface area contributed by atoms with Gasteiger partial charge in [-0.1, -0.05) is 43.0 Å². The fraction of sp³-hybridized carbons (Fsp3) is 0.458. The lowest BCUT2D eigenvalue weighted by Gasteiger charge is -2.23. The number of nitrogens with one attached hydrogen (secondary N) is 2. The van der Waals surface area contributed by atoms with Crippen LogP contribution in [0.5, 0.6) is 0 Å². The monoisotopic (exact) mass is 441 g/mol. The van der Waals surface area contributed by atoms with Crippen LogP contribution in [0.3, 0.4) is 0 Å². The molecule has 6 nitrogen and oxygen atoms in total. The van der Waals surface area contributed by atoms with Crippen molar-refractivity contribution >= 4 is 23.4 Å². The summed E-state index contributed by atoms with van der Waals surface area (Å²) in [7, 11) is 0. The van der Waals surface area contributed by atoms with Crippen molar-refractivity contribution < 1.29 is 9.59 Å². The van der Waals surface area contributed by atoms with Crippen LogP contribution >= 0.6 is 11.6 Å². The predicted octanol–water partition coefficient (Wildman–Crippen LogP) is 3.87. The average molecular weight is 442 g/mol. The summed E-state index contributed by atoms with van der Waals surface area (Å²) in [5, 5.41) is 6.46. The van der Waals surface area contributed by atoms with Crippen LogP contribution in [0, 0.1) is 0 Å². The molecule has 0 atom stereocenters. The van der Waals surface area contributed by atoms with Crippen molar-refractivity contribution in [2.75, 3.05) is 6.54 Å². The Morgan fingerprint density at radius 1 is 1.00 bits per heavy atom. The van der Waals surface area contributed by atoms with Gasteiger partial charge >= 0.3 is 0 Å². The molecule has 164 valence electrons. The zero-order chi connectivity index (χ0) is 21.8. The molecule has 1 aromatic heterocycles. The van der Waals surface area contributed by atoms with E-state index in [-0.39, 0.29) is 29.1 Å². The van der Waals surface area contributed by atoms with E-state index in [2.05, 4.69) is 10.6 Å². The molecule has 2 aliphatic rings. The molecule has 2 aliphatic carbocycles. The number of pyridine rings is 1. The molecule has 4 rings (SSSR count). The third kappa shape index (κ3) is 5.56. The van der Waals surface area contributed by atoms with Crippen LogP contribution in [0.1, 0.15) is 77.3 Å². The van der Waals surface area contributed by atoms with Gasteiger partial charge in [0.25, 0.3) is 11.8 Å². The molecule has 31 heavy (non-hydrogen) atoms. The summed E-state index contributed by atoms with van der Waals surface area (Å²) >= 11 is 6.00. The summed E-state index contributed by atoms with van der Waals surface area (Å²) in [6.45, 7) is 0.376. The van der Waals surface area contributed by atoms with Gasteiger partial charge in [0.2, 0.25) is 5.43 Å². The number of carbonyl (C=O) groups is 2. The molecule has 0 spiro atoms.